The molecule has 0 bridgehead atoms. The van der Waals surface area contributed by atoms with Gasteiger partial charge in [0.25, 0.3) is 0 Å². The molecule has 4 heteroatoms. The Balaban J connectivity index is 3.68. The van der Waals surface area contributed by atoms with Gasteiger partial charge in [-0.15, -0.1) is 0 Å². The highest BCUT2D eigenvalue weighted by Crippen LogP contribution is 2.03. The van der Waals surface area contributed by atoms with Crippen molar-refractivity contribution < 1.29 is 9.90 Å². The van der Waals surface area contributed by atoms with Gasteiger partial charge in [0.15, 0.2) is 0 Å². The molecule has 0 fully saturated rings. The van der Waals surface area contributed by atoms with Gasteiger partial charge in [-0.1, -0.05) is 23.2 Å². The first kappa shape index (κ1) is 6.79. The second-order valence-corrected chi connectivity index (χ2v) is 1.76. The molecule has 0 unspecified atom stereocenters. The molecule has 0 N–H and O–H groups in total. The second kappa shape index (κ2) is 2.88. The van der Waals surface area contributed by atoms with Crippen molar-refractivity contribution in [3.05, 3.63) is 10.6 Å². The van der Waals surface area contributed by atoms with Crippen LogP contribution < -0.4 is 5.11 Å². The van der Waals surface area contributed by atoms with Gasteiger partial charge in [0.2, 0.25) is 0 Å². The molecule has 0 atom stereocenters. The van der Waals surface area contributed by atoms with Crippen LogP contribution in [-0.4, -0.2) is 5.97 Å². The maximum atomic E-state index is 9.45. The van der Waals surface area contributed by atoms with Crippen LogP contribution >= 0.6 is 23.2 Å². The van der Waals surface area contributed by atoms with Crippen molar-refractivity contribution in [1.82, 2.24) is 0 Å². The normalized spacial score (nSPS) is 7.71. The summed E-state index contributed by atoms with van der Waals surface area (Å²) in [5, 5.41) is 9.45. The van der Waals surface area contributed by atoms with E-state index in [2.05, 4.69) is 0 Å². The van der Waals surface area contributed by atoms with Crippen molar-refractivity contribution in [1.29, 1.82) is 0 Å². The molecule has 0 amide bonds. The highest BCUT2D eigenvalue weighted by Gasteiger charge is 1.78. The molecule has 0 rings (SSSR count). The van der Waals surface area contributed by atoms with E-state index < -0.39 is 5.97 Å². The van der Waals surface area contributed by atoms with Gasteiger partial charge in [-0.3, -0.25) is 0 Å². The van der Waals surface area contributed by atoms with Crippen LogP contribution in [0.3, 0.4) is 0 Å². The van der Waals surface area contributed by atoms with Crippen molar-refractivity contribution in [2.75, 3.05) is 0 Å². The Morgan fingerprint density at radius 3 is 2.00 bits per heavy atom. The lowest BCUT2D eigenvalue weighted by atomic mass is 10.7. The summed E-state index contributed by atoms with van der Waals surface area (Å²) in [5.74, 6) is -1.39. The van der Waals surface area contributed by atoms with Gasteiger partial charge in [-0.2, -0.15) is 0 Å². The molecule has 0 radical (unpaired) electrons. The van der Waals surface area contributed by atoms with E-state index >= 15 is 0 Å². The molecular weight excluding hydrogens is 139 g/mol. The number of carbonyl (C=O) groups is 1. The molecule has 0 spiro atoms. The fraction of sp³-hybridized carbons (Fsp3) is 0. The minimum absolute atomic E-state index is 0.306. The molecule has 0 aromatic carbocycles. The third-order valence-electron chi connectivity index (χ3n) is 0.227. The summed E-state index contributed by atoms with van der Waals surface area (Å²) in [6.07, 6.45) is 0.586. The number of hydrogen-bond acceptors (Lipinski definition) is 2. The average Bonchev–Trinajstić information content (AvgIpc) is 1.27. The number of halogens is 2. The number of carboxylic acids is 1. The number of aliphatic carboxylic acids is 1. The van der Waals surface area contributed by atoms with E-state index in [4.69, 9.17) is 23.2 Å². The van der Waals surface area contributed by atoms with Crippen molar-refractivity contribution in [2.45, 2.75) is 0 Å². The first-order valence-corrected chi connectivity index (χ1v) is 2.12. The van der Waals surface area contributed by atoms with Gasteiger partial charge in [0.1, 0.15) is 4.49 Å². The smallest absolute Gasteiger partial charge is 0.108 e. The highest BCUT2D eigenvalue weighted by molar-refractivity contribution is 6.56. The van der Waals surface area contributed by atoms with Crippen molar-refractivity contribution in [2.24, 2.45) is 0 Å². The van der Waals surface area contributed by atoms with Crippen molar-refractivity contribution >= 4 is 29.2 Å². The molecule has 0 aliphatic carbocycles. The van der Waals surface area contributed by atoms with E-state index in [0.717, 1.165) is 0 Å². The van der Waals surface area contributed by atoms with Crippen molar-refractivity contribution in [3.8, 4) is 0 Å². The van der Waals surface area contributed by atoms with E-state index in [0.29, 0.717) is 6.08 Å². The van der Waals surface area contributed by atoms with E-state index in [1.807, 2.05) is 0 Å². The highest BCUT2D eigenvalue weighted by atomic mass is 35.5. The first-order chi connectivity index (χ1) is 3.13. The number of carboxylic acid groups (broad SMARTS) is 1. The van der Waals surface area contributed by atoms with Crippen LogP contribution in [0.5, 0.6) is 0 Å². The Kier molecular flexibility index (Phi) is 2.79. The predicted octanol–water partition coefficient (Wildman–Crippen LogP) is 0.0553. The first-order valence-electron chi connectivity index (χ1n) is 1.36. The van der Waals surface area contributed by atoms with Crippen LogP contribution in [0.2, 0.25) is 0 Å². The standard InChI is InChI=1S/C3H2Cl2O2/c4-2(5)1-3(6)7/h1H,(H,6,7)/p-1. The maximum Gasteiger partial charge on any atom is 0.108 e. The van der Waals surface area contributed by atoms with Crippen LogP contribution in [-0.2, 0) is 4.79 Å². The summed E-state index contributed by atoms with van der Waals surface area (Å²) in [6.45, 7) is 0. The molecule has 0 saturated carbocycles. The fourth-order valence-electron chi connectivity index (χ4n) is 0.0891. The van der Waals surface area contributed by atoms with Crippen LogP contribution in [0.15, 0.2) is 10.6 Å². The average molecular weight is 140 g/mol. The van der Waals surface area contributed by atoms with Crippen LogP contribution in [0, 0.1) is 0 Å². The molecule has 0 aromatic rings. The van der Waals surface area contributed by atoms with Gasteiger partial charge < -0.3 is 9.90 Å². The van der Waals surface area contributed by atoms with Crippen molar-refractivity contribution in [3.63, 3.8) is 0 Å². The topological polar surface area (TPSA) is 40.1 Å². The van der Waals surface area contributed by atoms with Gasteiger partial charge in [-0.25, -0.2) is 0 Å². The van der Waals surface area contributed by atoms with Gasteiger partial charge in [0, 0.05) is 0 Å². The third kappa shape index (κ3) is 5.79. The Hall–Kier alpha value is -0.210. The Morgan fingerprint density at radius 2 is 2.00 bits per heavy atom. The van der Waals surface area contributed by atoms with E-state index in [1.54, 1.807) is 0 Å². The van der Waals surface area contributed by atoms with E-state index in [-0.39, 0.29) is 4.49 Å². The number of rotatable bonds is 1. The molecular formula is C3HCl2O2-. The largest absolute Gasteiger partial charge is 0.545 e. The lowest BCUT2D eigenvalue weighted by Crippen LogP contribution is -2.18. The van der Waals surface area contributed by atoms with Gasteiger partial charge in [0.05, 0.1) is 5.97 Å². The minimum atomic E-state index is -1.39. The quantitative estimate of drug-likeness (QED) is 0.483. The molecule has 0 aliphatic rings. The van der Waals surface area contributed by atoms with Crippen LogP contribution in [0.4, 0.5) is 0 Å². The zero-order chi connectivity index (χ0) is 5.86. The van der Waals surface area contributed by atoms with Crippen LogP contribution in [0.1, 0.15) is 0 Å². The van der Waals surface area contributed by atoms with Crippen LogP contribution in [0.25, 0.3) is 0 Å². The van der Waals surface area contributed by atoms with E-state index in [1.165, 1.54) is 0 Å². The van der Waals surface area contributed by atoms with Gasteiger partial charge >= 0.3 is 0 Å². The third-order valence-corrected chi connectivity index (χ3v) is 0.445. The minimum Gasteiger partial charge on any atom is -0.545 e. The lowest BCUT2D eigenvalue weighted by Gasteiger charge is -1.86. The molecule has 0 aliphatic heterocycles. The number of hydrogen-bond donors (Lipinski definition) is 0. The molecule has 0 aromatic heterocycles. The summed E-state index contributed by atoms with van der Waals surface area (Å²) < 4.78 is -0.306. The predicted molar refractivity (Wildman–Crippen MR) is 24.8 cm³/mol. The zero-order valence-corrected chi connectivity index (χ0v) is 4.66. The molecule has 2 nitrogen and oxygen atoms in total. The fourth-order valence-corrected chi connectivity index (χ4v) is 0.267. The Morgan fingerprint density at radius 1 is 1.57 bits per heavy atom. The second-order valence-electron chi connectivity index (χ2n) is 0.753. The summed E-state index contributed by atoms with van der Waals surface area (Å²) >= 11 is 9.76. The SMILES string of the molecule is O=C([O-])C=C(Cl)Cl. The monoisotopic (exact) mass is 139 g/mol. The van der Waals surface area contributed by atoms with E-state index in [9.17, 15) is 9.90 Å². The number of carbonyl (C=O) groups excluding carboxylic acids is 1. The zero-order valence-electron chi connectivity index (χ0n) is 3.15. The Bertz CT molecular complexity index is 104. The molecule has 7 heavy (non-hydrogen) atoms. The summed E-state index contributed by atoms with van der Waals surface area (Å²) in [5.41, 5.74) is 0. The molecule has 0 saturated heterocycles. The Labute approximate surface area is 50.3 Å². The maximum absolute atomic E-state index is 9.45. The lowest BCUT2D eigenvalue weighted by molar-refractivity contribution is -0.297. The molecule has 0 heterocycles. The summed E-state index contributed by atoms with van der Waals surface area (Å²) in [7, 11) is 0. The van der Waals surface area contributed by atoms with Gasteiger partial charge in [-0.05, 0) is 6.08 Å². The molecule has 40 valence electrons. The summed E-state index contributed by atoms with van der Waals surface area (Å²) in [6, 6.07) is 0. The summed E-state index contributed by atoms with van der Waals surface area (Å²) in [4.78, 5) is 9.45.